The maximum atomic E-state index is 12.5. The first kappa shape index (κ1) is 8.99. The van der Waals surface area contributed by atoms with Crippen LogP contribution in [0.4, 0.5) is 13.2 Å². The summed E-state index contributed by atoms with van der Waals surface area (Å²) in [4.78, 5) is 3.67. The zero-order chi connectivity index (χ0) is 10.2. The van der Waals surface area contributed by atoms with E-state index < -0.39 is 11.7 Å². The van der Waals surface area contributed by atoms with Crippen molar-refractivity contribution in [3.8, 4) is 0 Å². The maximum absolute atomic E-state index is 12.5. The Labute approximate surface area is 78.2 Å². The molecule has 0 saturated carbocycles. The van der Waals surface area contributed by atoms with E-state index in [-0.39, 0.29) is 5.39 Å². The van der Waals surface area contributed by atoms with Crippen molar-refractivity contribution < 1.29 is 13.2 Å². The van der Waals surface area contributed by atoms with E-state index in [1.165, 1.54) is 24.5 Å². The predicted molar refractivity (Wildman–Crippen MR) is 45.6 cm³/mol. The van der Waals surface area contributed by atoms with Crippen LogP contribution < -0.4 is 0 Å². The Morgan fingerprint density at radius 2 is 2.00 bits per heavy atom. The van der Waals surface area contributed by atoms with Crippen molar-refractivity contribution in [2.75, 3.05) is 0 Å². The minimum Gasteiger partial charge on any atom is -0.264 e. The average molecular weight is 196 g/mol. The molecule has 1 nitrogen and oxygen atoms in total. The number of hydrogen-bond acceptors (Lipinski definition) is 1. The van der Waals surface area contributed by atoms with Gasteiger partial charge < -0.3 is 0 Å². The molecule has 0 saturated heterocycles. The monoisotopic (exact) mass is 196 g/mol. The second kappa shape index (κ2) is 2.97. The molecule has 0 amide bonds. The maximum Gasteiger partial charge on any atom is 0.417 e. The highest BCUT2D eigenvalue weighted by Gasteiger charge is 2.32. The molecule has 0 bridgehead atoms. The number of aromatic nitrogens is 1. The van der Waals surface area contributed by atoms with Crippen LogP contribution in [-0.2, 0) is 6.18 Å². The fourth-order valence-electron chi connectivity index (χ4n) is 1.29. The molecule has 0 N–H and O–H groups in total. The molecule has 1 aromatic heterocycles. The zero-order valence-electron chi connectivity index (χ0n) is 6.97. The Balaban J connectivity index is 2.78. The highest BCUT2D eigenvalue weighted by Crippen LogP contribution is 2.33. The second-order valence-electron chi connectivity index (χ2n) is 2.81. The Morgan fingerprint density at radius 3 is 2.71 bits per heavy atom. The Bertz CT molecular complexity index is 457. The highest BCUT2D eigenvalue weighted by atomic mass is 19.4. The van der Waals surface area contributed by atoms with Crippen LogP contribution in [-0.4, -0.2) is 4.98 Å². The number of alkyl halides is 3. The van der Waals surface area contributed by atoms with E-state index in [1.807, 2.05) is 0 Å². The summed E-state index contributed by atoms with van der Waals surface area (Å²) in [5, 5.41) is 0.511. The fourth-order valence-corrected chi connectivity index (χ4v) is 1.29. The fraction of sp³-hybridized carbons (Fsp3) is 0.100. The van der Waals surface area contributed by atoms with Crippen LogP contribution >= 0.6 is 0 Å². The Hall–Kier alpha value is -1.58. The topological polar surface area (TPSA) is 12.9 Å². The van der Waals surface area contributed by atoms with Gasteiger partial charge in [-0.25, -0.2) is 0 Å². The standard InChI is InChI=1S/C10H5F3N/c11-10(12,13)9-3-1-2-7-4-5-14-6-8(7)9/h1,3-6H. The van der Waals surface area contributed by atoms with Crippen LogP contribution in [0.15, 0.2) is 30.6 Å². The van der Waals surface area contributed by atoms with Crippen LogP contribution in [0.25, 0.3) is 10.8 Å². The molecule has 0 unspecified atom stereocenters. The molecule has 2 rings (SSSR count). The number of hydrogen-bond donors (Lipinski definition) is 0. The molecular formula is C10H5F3N. The lowest BCUT2D eigenvalue weighted by Crippen LogP contribution is -2.05. The largest absolute Gasteiger partial charge is 0.417 e. The SMILES string of the molecule is FC(F)(F)c1cc[c]c2ccncc12. The van der Waals surface area contributed by atoms with Crippen molar-refractivity contribution in [2.24, 2.45) is 0 Å². The summed E-state index contributed by atoms with van der Waals surface area (Å²) in [6.07, 6.45) is -1.69. The van der Waals surface area contributed by atoms with Gasteiger partial charge in [-0.15, -0.1) is 0 Å². The van der Waals surface area contributed by atoms with Crippen molar-refractivity contribution in [2.45, 2.75) is 6.18 Å². The van der Waals surface area contributed by atoms with Gasteiger partial charge in [0.25, 0.3) is 0 Å². The summed E-state index contributed by atoms with van der Waals surface area (Å²) < 4.78 is 37.4. The lowest BCUT2D eigenvalue weighted by molar-refractivity contribution is -0.136. The quantitative estimate of drug-likeness (QED) is 0.631. The van der Waals surface area contributed by atoms with Gasteiger partial charge in [-0.3, -0.25) is 4.98 Å². The number of benzene rings is 1. The molecule has 4 heteroatoms. The molecule has 1 heterocycles. The van der Waals surface area contributed by atoms with Gasteiger partial charge in [0, 0.05) is 17.8 Å². The molecule has 1 aromatic carbocycles. The third-order valence-corrected chi connectivity index (χ3v) is 1.91. The molecule has 0 aliphatic heterocycles. The van der Waals surface area contributed by atoms with Crippen LogP contribution in [0.1, 0.15) is 5.56 Å². The minimum atomic E-state index is -4.34. The van der Waals surface area contributed by atoms with E-state index in [9.17, 15) is 13.2 Å². The summed E-state index contributed by atoms with van der Waals surface area (Å²) in [5.41, 5.74) is -0.667. The average Bonchev–Trinajstić information content (AvgIpc) is 2.15. The van der Waals surface area contributed by atoms with E-state index in [0.29, 0.717) is 5.39 Å². The molecule has 2 aromatic rings. The number of rotatable bonds is 0. The molecular weight excluding hydrogens is 191 g/mol. The molecule has 71 valence electrons. The predicted octanol–water partition coefficient (Wildman–Crippen LogP) is 3.05. The van der Waals surface area contributed by atoms with Gasteiger partial charge >= 0.3 is 6.18 Å². The summed E-state index contributed by atoms with van der Waals surface area (Å²) in [6.45, 7) is 0. The van der Waals surface area contributed by atoms with Gasteiger partial charge in [0.1, 0.15) is 0 Å². The number of pyridine rings is 1. The Kier molecular flexibility index (Phi) is 1.91. The lowest BCUT2D eigenvalue weighted by atomic mass is 10.1. The number of nitrogens with zero attached hydrogens (tertiary/aromatic N) is 1. The van der Waals surface area contributed by atoms with Crippen LogP contribution in [0.3, 0.4) is 0 Å². The number of fused-ring (bicyclic) bond motifs is 1. The van der Waals surface area contributed by atoms with Crippen molar-refractivity contribution in [3.63, 3.8) is 0 Å². The van der Waals surface area contributed by atoms with Gasteiger partial charge in [0.2, 0.25) is 0 Å². The van der Waals surface area contributed by atoms with Crippen molar-refractivity contribution in [3.05, 3.63) is 42.2 Å². The Morgan fingerprint density at radius 1 is 1.21 bits per heavy atom. The summed E-state index contributed by atoms with van der Waals surface area (Å²) in [6, 6.07) is 6.50. The van der Waals surface area contributed by atoms with Gasteiger partial charge in [0.05, 0.1) is 5.56 Å². The van der Waals surface area contributed by atoms with Crippen LogP contribution in [0.2, 0.25) is 0 Å². The van der Waals surface area contributed by atoms with Crippen molar-refractivity contribution in [1.82, 2.24) is 4.98 Å². The third kappa shape index (κ3) is 1.43. The highest BCUT2D eigenvalue weighted by molar-refractivity contribution is 5.84. The van der Waals surface area contributed by atoms with Crippen LogP contribution in [0, 0.1) is 6.07 Å². The summed E-state index contributed by atoms with van der Waals surface area (Å²) in [7, 11) is 0. The molecule has 0 fully saturated rings. The summed E-state index contributed by atoms with van der Waals surface area (Å²) >= 11 is 0. The van der Waals surface area contributed by atoms with E-state index >= 15 is 0 Å². The first-order chi connectivity index (χ1) is 6.59. The minimum absolute atomic E-state index is 0.0856. The van der Waals surface area contributed by atoms with Gasteiger partial charge in [-0.2, -0.15) is 13.2 Å². The van der Waals surface area contributed by atoms with Gasteiger partial charge in [-0.05, 0) is 23.6 Å². The third-order valence-electron chi connectivity index (χ3n) is 1.91. The molecule has 0 aliphatic rings. The normalized spacial score (nSPS) is 11.9. The molecule has 1 radical (unpaired) electrons. The van der Waals surface area contributed by atoms with E-state index in [0.717, 1.165) is 6.07 Å². The van der Waals surface area contributed by atoms with E-state index in [2.05, 4.69) is 11.1 Å². The van der Waals surface area contributed by atoms with Crippen molar-refractivity contribution >= 4 is 10.8 Å². The van der Waals surface area contributed by atoms with Gasteiger partial charge in [-0.1, -0.05) is 6.07 Å². The molecule has 0 atom stereocenters. The number of halogens is 3. The smallest absolute Gasteiger partial charge is 0.264 e. The molecule has 14 heavy (non-hydrogen) atoms. The second-order valence-corrected chi connectivity index (χ2v) is 2.81. The van der Waals surface area contributed by atoms with Crippen molar-refractivity contribution in [1.29, 1.82) is 0 Å². The first-order valence-electron chi connectivity index (χ1n) is 3.90. The van der Waals surface area contributed by atoms with Crippen LogP contribution in [0.5, 0.6) is 0 Å². The lowest BCUT2D eigenvalue weighted by Gasteiger charge is -2.08. The summed E-state index contributed by atoms with van der Waals surface area (Å²) in [5.74, 6) is 0. The van der Waals surface area contributed by atoms with E-state index in [1.54, 1.807) is 0 Å². The molecule has 0 spiro atoms. The van der Waals surface area contributed by atoms with E-state index in [4.69, 9.17) is 0 Å². The van der Waals surface area contributed by atoms with Gasteiger partial charge in [0.15, 0.2) is 0 Å². The zero-order valence-corrected chi connectivity index (χ0v) is 6.97. The first-order valence-corrected chi connectivity index (χ1v) is 3.90. The molecule has 0 aliphatic carbocycles.